The number of hydrogen-bond donors (Lipinski definition) is 0. The monoisotopic (exact) mass is 484 g/mol. The van der Waals surface area contributed by atoms with Crippen LogP contribution < -0.4 is 0 Å². The van der Waals surface area contributed by atoms with Crippen molar-refractivity contribution in [2.24, 2.45) is 0 Å². The highest BCUT2D eigenvalue weighted by Gasteiger charge is 2.18. The molecule has 0 radical (unpaired) electrons. The zero-order chi connectivity index (χ0) is 25.5. The van der Waals surface area contributed by atoms with Crippen molar-refractivity contribution >= 4 is 32.3 Å². The predicted molar refractivity (Wildman–Crippen MR) is 165 cm³/mol. The van der Waals surface area contributed by atoms with Crippen LogP contribution in [0.15, 0.2) is 140 Å². The first-order valence-electron chi connectivity index (χ1n) is 13.4. The molecule has 0 aliphatic rings. The molecular weight excluding hydrogens is 456 g/mol. The lowest BCUT2D eigenvalue weighted by Gasteiger charge is -2.19. The normalized spacial score (nSPS) is 11.4. The SMILES string of the molecule is CCc1ccc(-c2c3ccccc3c(-c3cc(-c4ccccc4)cc4ccccc34)c3ccccc23)cc1. The zero-order valence-corrected chi connectivity index (χ0v) is 21.5. The first-order valence-corrected chi connectivity index (χ1v) is 13.4. The topological polar surface area (TPSA) is 0 Å². The third-order valence-electron chi connectivity index (χ3n) is 7.82. The van der Waals surface area contributed by atoms with Gasteiger partial charge >= 0.3 is 0 Å². The van der Waals surface area contributed by atoms with Gasteiger partial charge in [0.2, 0.25) is 0 Å². The molecule has 0 nitrogen and oxygen atoms in total. The molecule has 0 unspecified atom stereocenters. The smallest absolute Gasteiger partial charge is 0.00199 e. The molecule has 0 fully saturated rings. The van der Waals surface area contributed by atoms with Gasteiger partial charge in [0.15, 0.2) is 0 Å². The lowest BCUT2D eigenvalue weighted by Crippen LogP contribution is -1.92. The summed E-state index contributed by atoms with van der Waals surface area (Å²) in [7, 11) is 0. The average molecular weight is 485 g/mol. The van der Waals surface area contributed by atoms with Crippen molar-refractivity contribution in [3.05, 3.63) is 145 Å². The maximum Gasteiger partial charge on any atom is -0.00199 e. The molecule has 0 saturated carbocycles. The average Bonchev–Trinajstić information content (AvgIpc) is 3.00. The van der Waals surface area contributed by atoms with Crippen LogP contribution in [0.4, 0.5) is 0 Å². The Labute approximate surface area is 223 Å². The number of rotatable bonds is 4. The second kappa shape index (κ2) is 9.32. The van der Waals surface area contributed by atoms with Gasteiger partial charge in [0.25, 0.3) is 0 Å². The van der Waals surface area contributed by atoms with Crippen molar-refractivity contribution < 1.29 is 0 Å². The standard InChI is InChI=1S/C38H28/c1-2-26-20-22-28(23-21-26)37-32-16-8-10-18-34(32)38(35-19-11-9-17-33(35)37)36-25-30(27-12-4-3-5-13-27)24-29-14-6-7-15-31(29)36/h3-25H,2H2,1H3. The first-order chi connectivity index (χ1) is 18.8. The van der Waals surface area contributed by atoms with Crippen molar-refractivity contribution in [1.29, 1.82) is 0 Å². The van der Waals surface area contributed by atoms with Gasteiger partial charge in [-0.2, -0.15) is 0 Å². The molecule has 7 rings (SSSR count). The van der Waals surface area contributed by atoms with Crippen LogP contribution in [0.25, 0.3) is 65.7 Å². The second-order valence-electron chi connectivity index (χ2n) is 10.0. The molecule has 0 saturated heterocycles. The molecule has 0 bridgehead atoms. The van der Waals surface area contributed by atoms with Crippen molar-refractivity contribution in [3.8, 4) is 33.4 Å². The summed E-state index contributed by atoms with van der Waals surface area (Å²) in [5.41, 5.74) is 9.01. The van der Waals surface area contributed by atoms with Gasteiger partial charge in [-0.1, -0.05) is 134 Å². The molecule has 0 aromatic heterocycles. The summed E-state index contributed by atoms with van der Waals surface area (Å²) < 4.78 is 0. The molecule has 0 aliphatic heterocycles. The third-order valence-corrected chi connectivity index (χ3v) is 7.82. The van der Waals surface area contributed by atoms with Crippen LogP contribution in [-0.4, -0.2) is 0 Å². The van der Waals surface area contributed by atoms with Gasteiger partial charge in [0.1, 0.15) is 0 Å². The van der Waals surface area contributed by atoms with Crippen molar-refractivity contribution in [1.82, 2.24) is 0 Å². The summed E-state index contributed by atoms with van der Waals surface area (Å²) in [6.07, 6.45) is 1.05. The van der Waals surface area contributed by atoms with Crippen molar-refractivity contribution in [3.63, 3.8) is 0 Å². The summed E-state index contributed by atoms with van der Waals surface area (Å²) in [4.78, 5) is 0. The summed E-state index contributed by atoms with van der Waals surface area (Å²) >= 11 is 0. The Balaban J connectivity index is 1.62. The molecule has 0 N–H and O–H groups in total. The fourth-order valence-corrected chi connectivity index (χ4v) is 5.95. The van der Waals surface area contributed by atoms with Gasteiger partial charge in [0, 0.05) is 0 Å². The van der Waals surface area contributed by atoms with Crippen molar-refractivity contribution in [2.75, 3.05) is 0 Å². The Morgan fingerprint density at radius 3 is 1.53 bits per heavy atom. The Kier molecular flexibility index (Phi) is 5.52. The Bertz CT molecular complexity index is 1870. The third kappa shape index (κ3) is 3.69. The van der Waals surface area contributed by atoms with E-state index >= 15 is 0 Å². The molecule has 0 heteroatoms. The van der Waals surface area contributed by atoms with Gasteiger partial charge in [-0.25, -0.2) is 0 Å². The van der Waals surface area contributed by atoms with Crippen LogP contribution >= 0.6 is 0 Å². The summed E-state index contributed by atoms with van der Waals surface area (Å²) in [6.45, 7) is 2.21. The highest BCUT2D eigenvalue weighted by Crippen LogP contribution is 2.46. The zero-order valence-electron chi connectivity index (χ0n) is 21.5. The molecule has 0 spiro atoms. The molecule has 0 atom stereocenters. The molecule has 180 valence electrons. The molecule has 0 amide bonds. The Hall–Kier alpha value is -4.68. The molecule has 7 aromatic carbocycles. The van der Waals surface area contributed by atoms with E-state index in [0.717, 1.165) is 6.42 Å². The van der Waals surface area contributed by atoms with Crippen LogP contribution in [0.2, 0.25) is 0 Å². The summed E-state index contributed by atoms with van der Waals surface area (Å²) in [5, 5.41) is 7.70. The van der Waals surface area contributed by atoms with Crippen LogP contribution in [0.5, 0.6) is 0 Å². The summed E-state index contributed by atoms with van der Waals surface area (Å²) in [6, 6.07) is 51.2. The van der Waals surface area contributed by atoms with Crippen LogP contribution in [0.3, 0.4) is 0 Å². The number of fused-ring (bicyclic) bond motifs is 3. The van der Waals surface area contributed by atoms with E-state index in [0.29, 0.717) is 0 Å². The van der Waals surface area contributed by atoms with E-state index in [9.17, 15) is 0 Å². The van der Waals surface area contributed by atoms with E-state index in [1.807, 2.05) is 0 Å². The highest BCUT2D eigenvalue weighted by molar-refractivity contribution is 6.23. The maximum atomic E-state index is 2.39. The van der Waals surface area contributed by atoms with E-state index in [-0.39, 0.29) is 0 Å². The largest absolute Gasteiger partial charge is 0.0622 e. The minimum atomic E-state index is 1.05. The Morgan fingerprint density at radius 1 is 0.395 bits per heavy atom. The quantitative estimate of drug-likeness (QED) is 0.218. The minimum absolute atomic E-state index is 1.05. The first kappa shape index (κ1) is 22.5. The second-order valence-corrected chi connectivity index (χ2v) is 10.0. The van der Waals surface area contributed by atoms with Gasteiger partial charge in [-0.15, -0.1) is 0 Å². The molecule has 0 aliphatic carbocycles. The van der Waals surface area contributed by atoms with Gasteiger partial charge in [-0.3, -0.25) is 0 Å². The van der Waals surface area contributed by atoms with E-state index < -0.39 is 0 Å². The highest BCUT2D eigenvalue weighted by atomic mass is 14.2. The molecule has 38 heavy (non-hydrogen) atoms. The Morgan fingerprint density at radius 2 is 0.921 bits per heavy atom. The van der Waals surface area contributed by atoms with Crippen LogP contribution in [0.1, 0.15) is 12.5 Å². The van der Waals surface area contributed by atoms with E-state index in [1.54, 1.807) is 0 Å². The molecule has 0 heterocycles. The molecule has 7 aromatic rings. The fraction of sp³-hybridized carbons (Fsp3) is 0.0526. The van der Waals surface area contributed by atoms with Crippen LogP contribution in [0, 0.1) is 0 Å². The van der Waals surface area contributed by atoms with Crippen LogP contribution in [-0.2, 0) is 6.42 Å². The number of aryl methyl sites for hydroxylation is 1. The number of hydrogen-bond acceptors (Lipinski definition) is 0. The van der Waals surface area contributed by atoms with Crippen molar-refractivity contribution in [2.45, 2.75) is 13.3 Å². The van der Waals surface area contributed by atoms with E-state index in [4.69, 9.17) is 0 Å². The molecular formula is C38H28. The summed E-state index contributed by atoms with van der Waals surface area (Å²) in [5.74, 6) is 0. The van der Waals surface area contributed by atoms with E-state index in [1.165, 1.54) is 71.3 Å². The fourth-order valence-electron chi connectivity index (χ4n) is 5.95. The lowest BCUT2D eigenvalue weighted by atomic mass is 9.83. The predicted octanol–water partition coefficient (Wildman–Crippen LogP) is 10.7. The van der Waals surface area contributed by atoms with Gasteiger partial charge in [0.05, 0.1) is 0 Å². The maximum absolute atomic E-state index is 2.39. The van der Waals surface area contributed by atoms with Gasteiger partial charge in [-0.05, 0) is 89.8 Å². The van der Waals surface area contributed by atoms with E-state index in [2.05, 4.69) is 146 Å². The lowest BCUT2D eigenvalue weighted by molar-refractivity contribution is 1.14. The minimum Gasteiger partial charge on any atom is -0.0622 e. The number of benzene rings is 7. The van der Waals surface area contributed by atoms with Gasteiger partial charge < -0.3 is 0 Å².